The molecule has 1 fully saturated rings. The molecule has 0 saturated heterocycles. The van der Waals surface area contributed by atoms with Gasteiger partial charge in [0, 0.05) is 6.42 Å². The summed E-state index contributed by atoms with van der Waals surface area (Å²) in [5.74, 6) is -0.196. The number of carbonyl (C=O) groups excluding carboxylic acids is 2. The maximum absolute atomic E-state index is 11.1. The van der Waals surface area contributed by atoms with Crippen molar-refractivity contribution in [3.8, 4) is 0 Å². The fourth-order valence-electron chi connectivity index (χ4n) is 1.58. The summed E-state index contributed by atoms with van der Waals surface area (Å²) in [6.07, 6.45) is 3.03. The topological polar surface area (TPSA) is 34.1 Å². The van der Waals surface area contributed by atoms with Crippen LogP contribution in [0.5, 0.6) is 0 Å². The Morgan fingerprint density at radius 2 is 2.18 bits per heavy atom. The van der Waals surface area contributed by atoms with E-state index < -0.39 is 0 Å². The number of aldehydes is 1. The Hall–Kier alpha value is -0.660. The Balaban J connectivity index is 2.65. The first-order valence-corrected chi connectivity index (χ1v) is 4.03. The van der Waals surface area contributed by atoms with Crippen molar-refractivity contribution in [2.24, 2.45) is 11.3 Å². The van der Waals surface area contributed by atoms with Crippen LogP contribution >= 0.6 is 0 Å². The highest BCUT2D eigenvalue weighted by Gasteiger charge is 2.32. The Labute approximate surface area is 67.0 Å². The highest BCUT2D eigenvalue weighted by molar-refractivity contribution is 5.93. The Morgan fingerprint density at radius 1 is 1.55 bits per heavy atom. The van der Waals surface area contributed by atoms with Crippen molar-refractivity contribution in [1.82, 2.24) is 0 Å². The van der Waals surface area contributed by atoms with Crippen LogP contribution in [0.1, 0.15) is 33.1 Å². The maximum Gasteiger partial charge on any atom is 0.143 e. The molecule has 62 valence electrons. The SMILES string of the molecule is CC1(C)CCC(=O)[C@H](C=O)C1. The predicted octanol–water partition coefficient (Wildman–Crippen LogP) is 1.58. The molecular weight excluding hydrogens is 140 g/mol. The van der Waals surface area contributed by atoms with Gasteiger partial charge in [-0.3, -0.25) is 4.79 Å². The minimum Gasteiger partial charge on any atom is -0.303 e. The zero-order valence-electron chi connectivity index (χ0n) is 7.09. The van der Waals surface area contributed by atoms with Gasteiger partial charge in [-0.15, -0.1) is 0 Å². The van der Waals surface area contributed by atoms with E-state index in [1.165, 1.54) is 0 Å². The molecule has 0 unspecified atom stereocenters. The summed E-state index contributed by atoms with van der Waals surface area (Å²) in [4.78, 5) is 21.5. The van der Waals surface area contributed by atoms with Crippen molar-refractivity contribution in [3.05, 3.63) is 0 Å². The van der Waals surface area contributed by atoms with E-state index >= 15 is 0 Å². The third-order valence-electron chi connectivity index (χ3n) is 2.40. The molecule has 0 aromatic carbocycles. The first-order valence-electron chi connectivity index (χ1n) is 4.03. The van der Waals surface area contributed by atoms with E-state index in [4.69, 9.17) is 0 Å². The van der Waals surface area contributed by atoms with E-state index in [1.807, 2.05) is 0 Å². The zero-order chi connectivity index (χ0) is 8.48. The molecule has 0 aromatic rings. The first-order chi connectivity index (χ1) is 5.05. The van der Waals surface area contributed by atoms with Crippen LogP contribution < -0.4 is 0 Å². The molecule has 1 atom stereocenters. The molecule has 1 rings (SSSR count). The van der Waals surface area contributed by atoms with Gasteiger partial charge in [-0.1, -0.05) is 13.8 Å². The molecule has 11 heavy (non-hydrogen) atoms. The van der Waals surface area contributed by atoms with Gasteiger partial charge in [-0.05, 0) is 18.3 Å². The summed E-state index contributed by atoms with van der Waals surface area (Å²) in [7, 11) is 0. The van der Waals surface area contributed by atoms with Gasteiger partial charge in [0.15, 0.2) is 0 Å². The second-order valence-electron chi connectivity index (χ2n) is 4.08. The van der Waals surface area contributed by atoms with Gasteiger partial charge in [0.1, 0.15) is 12.1 Å². The van der Waals surface area contributed by atoms with Crippen molar-refractivity contribution in [2.45, 2.75) is 33.1 Å². The van der Waals surface area contributed by atoms with Crippen LogP contribution in [-0.4, -0.2) is 12.1 Å². The third-order valence-corrected chi connectivity index (χ3v) is 2.40. The lowest BCUT2D eigenvalue weighted by atomic mass is 9.72. The smallest absolute Gasteiger partial charge is 0.143 e. The van der Waals surface area contributed by atoms with Crippen molar-refractivity contribution in [3.63, 3.8) is 0 Å². The lowest BCUT2D eigenvalue weighted by molar-refractivity contribution is -0.131. The number of hydrogen-bond donors (Lipinski definition) is 0. The summed E-state index contributed by atoms with van der Waals surface area (Å²) in [5, 5.41) is 0. The number of hydrogen-bond acceptors (Lipinski definition) is 2. The molecular formula is C9H14O2. The van der Waals surface area contributed by atoms with E-state index in [9.17, 15) is 9.59 Å². The van der Waals surface area contributed by atoms with Crippen LogP contribution in [0.15, 0.2) is 0 Å². The normalized spacial score (nSPS) is 30.0. The van der Waals surface area contributed by atoms with E-state index in [0.29, 0.717) is 6.42 Å². The van der Waals surface area contributed by atoms with Crippen LogP contribution in [0.25, 0.3) is 0 Å². The van der Waals surface area contributed by atoms with E-state index in [1.54, 1.807) is 0 Å². The standard InChI is InChI=1S/C9H14O2/c1-9(2)4-3-8(11)7(5-9)6-10/h6-7H,3-5H2,1-2H3/t7-/m0/s1. The van der Waals surface area contributed by atoms with E-state index in [0.717, 1.165) is 19.1 Å². The minimum absolute atomic E-state index is 0.124. The molecule has 1 saturated carbocycles. The van der Waals surface area contributed by atoms with Gasteiger partial charge in [-0.2, -0.15) is 0 Å². The summed E-state index contributed by atoms with van der Waals surface area (Å²) >= 11 is 0. The number of Topliss-reactive ketones (excluding diaryl/α,β-unsaturated/α-hetero) is 1. The largest absolute Gasteiger partial charge is 0.303 e. The van der Waals surface area contributed by atoms with Gasteiger partial charge >= 0.3 is 0 Å². The molecule has 2 heteroatoms. The summed E-state index contributed by atoms with van der Waals surface area (Å²) in [5.41, 5.74) is 0.180. The highest BCUT2D eigenvalue weighted by atomic mass is 16.1. The predicted molar refractivity (Wildman–Crippen MR) is 42.2 cm³/mol. The Morgan fingerprint density at radius 3 is 2.64 bits per heavy atom. The number of rotatable bonds is 1. The lowest BCUT2D eigenvalue weighted by Crippen LogP contribution is -2.30. The van der Waals surface area contributed by atoms with Crippen molar-refractivity contribution < 1.29 is 9.59 Å². The average Bonchev–Trinajstić information content (AvgIpc) is 1.94. The monoisotopic (exact) mass is 154 g/mol. The molecule has 1 aliphatic carbocycles. The zero-order valence-corrected chi connectivity index (χ0v) is 7.09. The van der Waals surface area contributed by atoms with Gasteiger partial charge in [0.25, 0.3) is 0 Å². The minimum atomic E-state index is -0.321. The molecule has 2 nitrogen and oxygen atoms in total. The molecule has 0 spiro atoms. The molecule has 0 aromatic heterocycles. The van der Waals surface area contributed by atoms with Crippen molar-refractivity contribution in [2.75, 3.05) is 0 Å². The highest BCUT2D eigenvalue weighted by Crippen LogP contribution is 2.35. The van der Waals surface area contributed by atoms with Crippen LogP contribution in [0.4, 0.5) is 0 Å². The van der Waals surface area contributed by atoms with Gasteiger partial charge in [-0.25, -0.2) is 0 Å². The van der Waals surface area contributed by atoms with Crippen LogP contribution in [0.2, 0.25) is 0 Å². The molecule has 0 bridgehead atoms. The third kappa shape index (κ3) is 1.88. The van der Waals surface area contributed by atoms with E-state index in [2.05, 4.69) is 13.8 Å². The Bertz CT molecular complexity index is 182. The molecule has 0 radical (unpaired) electrons. The fourth-order valence-corrected chi connectivity index (χ4v) is 1.58. The molecule has 1 aliphatic rings. The second kappa shape index (κ2) is 2.76. The summed E-state index contributed by atoms with van der Waals surface area (Å²) < 4.78 is 0. The van der Waals surface area contributed by atoms with Crippen molar-refractivity contribution in [1.29, 1.82) is 0 Å². The quantitative estimate of drug-likeness (QED) is 0.424. The summed E-state index contributed by atoms with van der Waals surface area (Å²) in [6, 6.07) is 0. The number of ketones is 1. The fraction of sp³-hybridized carbons (Fsp3) is 0.778. The van der Waals surface area contributed by atoms with Gasteiger partial charge in [0.2, 0.25) is 0 Å². The summed E-state index contributed by atoms with van der Waals surface area (Å²) in [6.45, 7) is 4.21. The van der Waals surface area contributed by atoms with E-state index in [-0.39, 0.29) is 17.1 Å². The van der Waals surface area contributed by atoms with Crippen LogP contribution in [0, 0.1) is 11.3 Å². The Kier molecular flexibility index (Phi) is 2.12. The molecule has 0 amide bonds. The van der Waals surface area contributed by atoms with Crippen molar-refractivity contribution >= 4 is 12.1 Å². The average molecular weight is 154 g/mol. The second-order valence-corrected chi connectivity index (χ2v) is 4.08. The van der Waals surface area contributed by atoms with Crippen LogP contribution in [0.3, 0.4) is 0 Å². The molecule has 0 heterocycles. The first kappa shape index (κ1) is 8.44. The number of carbonyl (C=O) groups is 2. The van der Waals surface area contributed by atoms with Gasteiger partial charge < -0.3 is 4.79 Å². The maximum atomic E-state index is 11.1. The molecule has 0 aliphatic heterocycles. The van der Waals surface area contributed by atoms with Crippen LogP contribution in [-0.2, 0) is 9.59 Å². The molecule has 0 N–H and O–H groups in total. The van der Waals surface area contributed by atoms with Gasteiger partial charge in [0.05, 0.1) is 5.92 Å². The lowest BCUT2D eigenvalue weighted by Gasteiger charge is -2.31.